The summed E-state index contributed by atoms with van der Waals surface area (Å²) in [5.74, 6) is -1.97. The second-order valence-corrected chi connectivity index (χ2v) is 4.52. The highest BCUT2D eigenvalue weighted by atomic mass is 35.5. The molecule has 3 nitrogen and oxygen atoms in total. The van der Waals surface area contributed by atoms with Gasteiger partial charge in [0, 0.05) is 18.3 Å². The number of Topliss-reactive ketones (excluding diaryl/α,β-unsaturated/α-hetero) is 1. The number of aromatic nitrogens is 1. The van der Waals surface area contributed by atoms with E-state index < -0.39 is 23.5 Å². The molecule has 0 saturated carbocycles. The Kier molecular flexibility index (Phi) is 4.29. The molecule has 0 N–H and O–H groups in total. The van der Waals surface area contributed by atoms with Gasteiger partial charge < -0.3 is 4.74 Å². The average molecular weight is 298 g/mol. The van der Waals surface area contributed by atoms with E-state index in [1.165, 1.54) is 25.4 Å². The summed E-state index contributed by atoms with van der Waals surface area (Å²) in [6.07, 6.45) is 1.85. The number of nitrogens with zero attached hydrogens (tertiary/aromatic N) is 1. The summed E-state index contributed by atoms with van der Waals surface area (Å²) in [5.41, 5.74) is -0.228. The molecule has 1 atom stereocenters. The van der Waals surface area contributed by atoms with E-state index in [1.54, 1.807) is 0 Å². The van der Waals surface area contributed by atoms with Crippen LogP contribution in [0.3, 0.4) is 0 Å². The van der Waals surface area contributed by atoms with Gasteiger partial charge in [0.05, 0.1) is 16.8 Å². The van der Waals surface area contributed by atoms with E-state index in [0.29, 0.717) is 16.8 Å². The van der Waals surface area contributed by atoms with Crippen LogP contribution in [0.2, 0.25) is 5.02 Å². The van der Waals surface area contributed by atoms with Gasteiger partial charge in [-0.15, -0.1) is 0 Å². The zero-order valence-electron chi connectivity index (χ0n) is 10.4. The van der Waals surface area contributed by atoms with Crippen LogP contribution >= 0.6 is 11.6 Å². The van der Waals surface area contributed by atoms with Crippen molar-refractivity contribution >= 4 is 17.4 Å². The van der Waals surface area contributed by atoms with Crippen molar-refractivity contribution in [2.24, 2.45) is 0 Å². The fraction of sp³-hybridized carbons (Fsp3) is 0.143. The van der Waals surface area contributed by atoms with Gasteiger partial charge in [0.15, 0.2) is 6.10 Å². The minimum absolute atomic E-state index is 0.228. The number of rotatable bonds is 4. The SMILES string of the molecule is CC(Oc1cncc(Cl)c1)C(=O)c1ccc(F)cc1F. The van der Waals surface area contributed by atoms with Gasteiger partial charge in [-0.1, -0.05) is 11.6 Å². The summed E-state index contributed by atoms with van der Waals surface area (Å²) < 4.78 is 31.7. The normalized spacial score (nSPS) is 12.0. The predicted octanol–water partition coefficient (Wildman–Crippen LogP) is 3.66. The molecule has 1 heterocycles. The monoisotopic (exact) mass is 297 g/mol. The number of benzene rings is 1. The summed E-state index contributed by atoms with van der Waals surface area (Å²) >= 11 is 5.74. The van der Waals surface area contributed by atoms with Crippen LogP contribution < -0.4 is 4.74 Å². The molecule has 2 rings (SSSR count). The van der Waals surface area contributed by atoms with E-state index in [1.807, 2.05) is 0 Å². The number of hydrogen-bond acceptors (Lipinski definition) is 3. The molecule has 1 aromatic heterocycles. The van der Waals surface area contributed by atoms with Gasteiger partial charge in [0.25, 0.3) is 0 Å². The smallest absolute Gasteiger partial charge is 0.205 e. The van der Waals surface area contributed by atoms with E-state index in [-0.39, 0.29) is 5.56 Å². The van der Waals surface area contributed by atoms with Gasteiger partial charge >= 0.3 is 0 Å². The van der Waals surface area contributed by atoms with Crippen LogP contribution in [0.1, 0.15) is 17.3 Å². The van der Waals surface area contributed by atoms with E-state index in [0.717, 1.165) is 12.1 Å². The van der Waals surface area contributed by atoms with Crippen LogP contribution in [-0.2, 0) is 0 Å². The molecule has 0 saturated heterocycles. The largest absolute Gasteiger partial charge is 0.481 e. The van der Waals surface area contributed by atoms with Crippen molar-refractivity contribution in [2.75, 3.05) is 0 Å². The van der Waals surface area contributed by atoms with Crippen molar-refractivity contribution in [3.63, 3.8) is 0 Å². The standard InChI is InChI=1S/C14H10ClF2NO2/c1-8(20-11-4-9(15)6-18-7-11)14(19)12-3-2-10(16)5-13(12)17/h2-8H,1H3. The minimum Gasteiger partial charge on any atom is -0.481 e. The lowest BCUT2D eigenvalue weighted by molar-refractivity contribution is 0.0813. The van der Waals surface area contributed by atoms with E-state index in [4.69, 9.17) is 16.3 Å². The fourth-order valence-corrected chi connectivity index (χ4v) is 1.79. The van der Waals surface area contributed by atoms with Crippen LogP contribution in [0.4, 0.5) is 8.78 Å². The van der Waals surface area contributed by atoms with Crippen molar-refractivity contribution in [2.45, 2.75) is 13.0 Å². The number of pyridine rings is 1. The Balaban J connectivity index is 2.16. The summed E-state index contributed by atoms with van der Waals surface area (Å²) in [6.45, 7) is 1.46. The Labute approximate surface area is 119 Å². The maximum absolute atomic E-state index is 13.5. The van der Waals surface area contributed by atoms with Crippen LogP contribution in [-0.4, -0.2) is 16.9 Å². The Morgan fingerprint density at radius 3 is 2.70 bits per heavy atom. The summed E-state index contributed by atoms with van der Waals surface area (Å²) in [5, 5.41) is 0.357. The summed E-state index contributed by atoms with van der Waals surface area (Å²) in [7, 11) is 0. The van der Waals surface area contributed by atoms with Crippen LogP contribution in [0, 0.1) is 11.6 Å². The molecule has 0 aliphatic heterocycles. The first-order chi connectivity index (χ1) is 9.47. The topological polar surface area (TPSA) is 39.2 Å². The number of ether oxygens (including phenoxy) is 1. The Morgan fingerprint density at radius 2 is 2.05 bits per heavy atom. The number of carbonyl (C=O) groups is 1. The van der Waals surface area contributed by atoms with Gasteiger partial charge in [-0.2, -0.15) is 0 Å². The molecule has 20 heavy (non-hydrogen) atoms. The maximum Gasteiger partial charge on any atom is 0.205 e. The Bertz CT molecular complexity index is 649. The molecular weight excluding hydrogens is 288 g/mol. The highest BCUT2D eigenvalue weighted by Crippen LogP contribution is 2.19. The third kappa shape index (κ3) is 3.30. The van der Waals surface area contributed by atoms with Crippen LogP contribution in [0.5, 0.6) is 5.75 Å². The zero-order chi connectivity index (χ0) is 14.7. The third-order valence-corrected chi connectivity index (χ3v) is 2.77. The van der Waals surface area contributed by atoms with Crippen molar-refractivity contribution in [3.8, 4) is 5.75 Å². The lowest BCUT2D eigenvalue weighted by Crippen LogP contribution is -2.25. The first kappa shape index (κ1) is 14.4. The molecule has 104 valence electrons. The Morgan fingerprint density at radius 1 is 1.30 bits per heavy atom. The average Bonchev–Trinajstić information content (AvgIpc) is 2.38. The van der Waals surface area contributed by atoms with Crippen molar-refractivity contribution in [1.82, 2.24) is 4.98 Å². The molecule has 0 bridgehead atoms. The first-order valence-electron chi connectivity index (χ1n) is 5.74. The summed E-state index contributed by atoms with van der Waals surface area (Å²) in [4.78, 5) is 15.8. The van der Waals surface area contributed by atoms with Crippen molar-refractivity contribution in [1.29, 1.82) is 0 Å². The molecule has 1 unspecified atom stereocenters. The van der Waals surface area contributed by atoms with E-state index in [9.17, 15) is 13.6 Å². The van der Waals surface area contributed by atoms with Gasteiger partial charge in [-0.05, 0) is 19.1 Å². The Hall–Kier alpha value is -2.01. The van der Waals surface area contributed by atoms with Crippen molar-refractivity contribution in [3.05, 3.63) is 58.9 Å². The molecule has 0 aliphatic rings. The molecule has 0 aliphatic carbocycles. The molecule has 6 heteroatoms. The molecular formula is C14H10ClF2NO2. The molecule has 0 amide bonds. The third-order valence-electron chi connectivity index (χ3n) is 2.56. The maximum atomic E-state index is 13.5. The zero-order valence-corrected chi connectivity index (χ0v) is 11.2. The van der Waals surface area contributed by atoms with E-state index in [2.05, 4.69) is 4.98 Å². The molecule has 2 aromatic rings. The van der Waals surface area contributed by atoms with Gasteiger partial charge in [-0.3, -0.25) is 9.78 Å². The minimum atomic E-state index is -0.949. The highest BCUT2D eigenvalue weighted by Gasteiger charge is 2.20. The predicted molar refractivity (Wildman–Crippen MR) is 70.0 cm³/mol. The van der Waals surface area contributed by atoms with Crippen LogP contribution in [0.15, 0.2) is 36.7 Å². The quantitative estimate of drug-likeness (QED) is 0.808. The molecule has 0 spiro atoms. The van der Waals surface area contributed by atoms with E-state index >= 15 is 0 Å². The highest BCUT2D eigenvalue weighted by molar-refractivity contribution is 6.30. The van der Waals surface area contributed by atoms with Gasteiger partial charge in [0.1, 0.15) is 17.4 Å². The second kappa shape index (κ2) is 5.96. The number of ketones is 1. The van der Waals surface area contributed by atoms with Crippen LogP contribution in [0.25, 0.3) is 0 Å². The lowest BCUT2D eigenvalue weighted by atomic mass is 10.1. The number of carbonyl (C=O) groups excluding carboxylic acids is 1. The van der Waals surface area contributed by atoms with Crippen molar-refractivity contribution < 1.29 is 18.3 Å². The fourth-order valence-electron chi connectivity index (χ4n) is 1.62. The number of hydrogen-bond donors (Lipinski definition) is 0. The molecule has 0 radical (unpaired) electrons. The molecule has 1 aromatic carbocycles. The lowest BCUT2D eigenvalue weighted by Gasteiger charge is -2.14. The van der Waals surface area contributed by atoms with Gasteiger partial charge in [-0.25, -0.2) is 8.78 Å². The number of halogens is 3. The second-order valence-electron chi connectivity index (χ2n) is 4.09. The van der Waals surface area contributed by atoms with Gasteiger partial charge in [0.2, 0.25) is 5.78 Å². The first-order valence-corrected chi connectivity index (χ1v) is 6.11. The summed E-state index contributed by atoms with van der Waals surface area (Å²) in [6, 6.07) is 4.24. The molecule has 0 fully saturated rings.